The van der Waals surface area contributed by atoms with Crippen molar-refractivity contribution in [3.05, 3.63) is 24.3 Å². The molecule has 1 aliphatic carbocycles. The Morgan fingerprint density at radius 2 is 2.17 bits per heavy atom. The van der Waals surface area contributed by atoms with Gasteiger partial charge in [-0.3, -0.25) is 9.78 Å². The molecule has 3 N–H and O–H groups in total. The molecule has 0 unspecified atom stereocenters. The van der Waals surface area contributed by atoms with Gasteiger partial charge in [-0.2, -0.15) is 0 Å². The number of pyridine rings is 1. The van der Waals surface area contributed by atoms with Crippen LogP contribution in [-0.2, 0) is 4.79 Å². The topological polar surface area (TPSA) is 68.0 Å². The van der Waals surface area contributed by atoms with Crippen LogP contribution in [0.25, 0.3) is 0 Å². The number of nitrogens with one attached hydrogen (secondary N) is 1. The molecule has 0 saturated heterocycles. The van der Waals surface area contributed by atoms with E-state index in [4.69, 9.17) is 5.73 Å². The molecule has 1 fully saturated rings. The molecule has 1 saturated carbocycles. The monoisotopic (exact) mass is 251 g/mol. The van der Waals surface area contributed by atoms with Crippen molar-refractivity contribution in [3.63, 3.8) is 0 Å². The summed E-state index contributed by atoms with van der Waals surface area (Å²) in [6.07, 6.45) is 7.79. The lowest BCUT2D eigenvalue weighted by atomic mass is 9.80. The van der Waals surface area contributed by atoms with E-state index >= 15 is 0 Å². The third kappa shape index (κ3) is 3.26. The molecule has 0 aromatic carbocycles. The Balaban J connectivity index is 1.94. The second-order valence-corrected chi connectivity index (χ2v) is 5.00. The summed E-state index contributed by atoms with van der Waals surface area (Å²) in [5.74, 6) is -0.759. The van der Waals surface area contributed by atoms with E-state index in [9.17, 15) is 9.18 Å². The van der Waals surface area contributed by atoms with Crippen molar-refractivity contribution in [1.82, 2.24) is 4.98 Å². The van der Waals surface area contributed by atoms with Crippen LogP contribution in [0.4, 0.5) is 10.1 Å². The molecule has 18 heavy (non-hydrogen) atoms. The Kier molecular flexibility index (Phi) is 3.91. The van der Waals surface area contributed by atoms with Crippen molar-refractivity contribution in [2.75, 3.05) is 5.32 Å². The summed E-state index contributed by atoms with van der Waals surface area (Å²) in [6.45, 7) is 0. The first-order chi connectivity index (χ1) is 8.59. The molecule has 0 radical (unpaired) electrons. The van der Waals surface area contributed by atoms with Gasteiger partial charge in [-0.1, -0.05) is 19.3 Å². The Bertz CT molecular complexity index is 430. The summed E-state index contributed by atoms with van der Waals surface area (Å²) < 4.78 is 13.3. The average Bonchev–Trinajstić information content (AvgIpc) is 2.32. The SMILES string of the molecule is NC1(CC(=O)Nc2ccncc2F)CCCCC1. The first-order valence-corrected chi connectivity index (χ1v) is 6.27. The van der Waals surface area contributed by atoms with Crippen LogP contribution in [0.15, 0.2) is 18.5 Å². The highest BCUT2D eigenvalue weighted by atomic mass is 19.1. The molecule has 0 spiro atoms. The normalized spacial score (nSPS) is 18.3. The van der Waals surface area contributed by atoms with Gasteiger partial charge in [0, 0.05) is 18.2 Å². The number of hydrogen-bond acceptors (Lipinski definition) is 3. The van der Waals surface area contributed by atoms with Gasteiger partial charge >= 0.3 is 0 Å². The van der Waals surface area contributed by atoms with E-state index in [0.717, 1.165) is 31.9 Å². The summed E-state index contributed by atoms with van der Waals surface area (Å²) in [5, 5.41) is 2.55. The van der Waals surface area contributed by atoms with Crippen LogP contribution >= 0.6 is 0 Å². The lowest BCUT2D eigenvalue weighted by Gasteiger charge is -2.32. The van der Waals surface area contributed by atoms with E-state index in [1.807, 2.05) is 0 Å². The maximum Gasteiger partial charge on any atom is 0.226 e. The minimum atomic E-state index is -0.527. The molecule has 1 aliphatic rings. The molecule has 0 atom stereocenters. The van der Waals surface area contributed by atoms with Crippen LogP contribution in [0.1, 0.15) is 38.5 Å². The second-order valence-electron chi connectivity index (χ2n) is 5.00. The van der Waals surface area contributed by atoms with Gasteiger partial charge in [-0.25, -0.2) is 4.39 Å². The fourth-order valence-corrected chi connectivity index (χ4v) is 2.42. The Labute approximate surface area is 106 Å². The van der Waals surface area contributed by atoms with E-state index in [2.05, 4.69) is 10.3 Å². The van der Waals surface area contributed by atoms with Gasteiger partial charge in [0.15, 0.2) is 5.82 Å². The molecule has 98 valence electrons. The first kappa shape index (κ1) is 13.0. The van der Waals surface area contributed by atoms with E-state index < -0.39 is 11.4 Å². The molecular weight excluding hydrogens is 233 g/mol. The van der Waals surface area contributed by atoms with Crippen molar-refractivity contribution < 1.29 is 9.18 Å². The number of nitrogens with zero attached hydrogens (tertiary/aromatic N) is 1. The maximum atomic E-state index is 13.3. The Morgan fingerprint density at radius 1 is 1.44 bits per heavy atom. The predicted molar refractivity (Wildman–Crippen MR) is 67.4 cm³/mol. The third-order valence-corrected chi connectivity index (χ3v) is 3.41. The number of anilines is 1. The second kappa shape index (κ2) is 5.44. The fourth-order valence-electron chi connectivity index (χ4n) is 2.42. The van der Waals surface area contributed by atoms with Gasteiger partial charge in [0.25, 0.3) is 0 Å². The van der Waals surface area contributed by atoms with Crippen LogP contribution in [0.3, 0.4) is 0 Å². The Hall–Kier alpha value is -1.49. The van der Waals surface area contributed by atoms with Crippen molar-refractivity contribution in [1.29, 1.82) is 0 Å². The summed E-state index contributed by atoms with van der Waals surface area (Å²) in [4.78, 5) is 15.5. The van der Waals surface area contributed by atoms with Crippen LogP contribution in [-0.4, -0.2) is 16.4 Å². The zero-order valence-corrected chi connectivity index (χ0v) is 10.3. The van der Waals surface area contributed by atoms with Gasteiger partial charge in [-0.15, -0.1) is 0 Å². The number of rotatable bonds is 3. The summed E-state index contributed by atoms with van der Waals surface area (Å²) in [6, 6.07) is 1.44. The highest BCUT2D eigenvalue weighted by Gasteiger charge is 2.30. The molecule has 0 aliphatic heterocycles. The van der Waals surface area contributed by atoms with Gasteiger partial charge in [0.1, 0.15) is 0 Å². The van der Waals surface area contributed by atoms with Gasteiger partial charge in [0.2, 0.25) is 5.91 Å². The number of hydrogen-bond donors (Lipinski definition) is 2. The van der Waals surface area contributed by atoms with Gasteiger partial charge < -0.3 is 11.1 Å². The molecule has 4 nitrogen and oxygen atoms in total. The van der Waals surface area contributed by atoms with Gasteiger partial charge in [-0.05, 0) is 18.9 Å². The van der Waals surface area contributed by atoms with Crippen LogP contribution in [0, 0.1) is 5.82 Å². The molecule has 1 amide bonds. The third-order valence-electron chi connectivity index (χ3n) is 3.41. The molecule has 2 rings (SSSR count). The summed E-state index contributed by atoms with van der Waals surface area (Å²) >= 11 is 0. The largest absolute Gasteiger partial charge is 0.325 e. The highest BCUT2D eigenvalue weighted by Crippen LogP contribution is 2.29. The van der Waals surface area contributed by atoms with E-state index in [1.165, 1.54) is 18.7 Å². The number of carbonyl (C=O) groups excluding carboxylic acids is 1. The van der Waals surface area contributed by atoms with Crippen LogP contribution in [0.5, 0.6) is 0 Å². The van der Waals surface area contributed by atoms with Gasteiger partial charge in [0.05, 0.1) is 11.9 Å². The molecule has 1 heterocycles. The summed E-state index contributed by atoms with van der Waals surface area (Å²) in [5.41, 5.74) is 5.92. The quantitative estimate of drug-likeness (QED) is 0.865. The van der Waals surface area contributed by atoms with Crippen molar-refractivity contribution in [2.24, 2.45) is 5.73 Å². The van der Waals surface area contributed by atoms with E-state index in [1.54, 1.807) is 0 Å². The molecular formula is C13H18FN3O. The number of amides is 1. The standard InChI is InChI=1S/C13H18FN3O/c14-10-9-16-7-4-11(10)17-12(18)8-13(15)5-2-1-3-6-13/h4,7,9H,1-3,5-6,8,15H2,(H,16,17,18). The average molecular weight is 251 g/mol. The minimum Gasteiger partial charge on any atom is -0.325 e. The number of aromatic nitrogens is 1. The summed E-state index contributed by atoms with van der Waals surface area (Å²) in [7, 11) is 0. The smallest absolute Gasteiger partial charge is 0.226 e. The number of carbonyl (C=O) groups is 1. The lowest BCUT2D eigenvalue weighted by molar-refractivity contribution is -0.117. The molecule has 0 bridgehead atoms. The van der Waals surface area contributed by atoms with Crippen molar-refractivity contribution in [3.8, 4) is 0 Å². The van der Waals surface area contributed by atoms with Crippen molar-refractivity contribution in [2.45, 2.75) is 44.1 Å². The molecule has 5 heteroatoms. The van der Waals surface area contributed by atoms with Crippen LogP contribution < -0.4 is 11.1 Å². The zero-order chi connectivity index (χ0) is 13.0. The number of nitrogens with two attached hydrogens (primary N) is 1. The number of halogens is 1. The highest BCUT2D eigenvalue weighted by molar-refractivity contribution is 5.91. The fraction of sp³-hybridized carbons (Fsp3) is 0.538. The molecule has 1 aromatic rings. The van der Waals surface area contributed by atoms with E-state index in [-0.39, 0.29) is 18.0 Å². The minimum absolute atomic E-state index is 0.161. The van der Waals surface area contributed by atoms with Crippen LogP contribution in [0.2, 0.25) is 0 Å². The predicted octanol–water partition coefficient (Wildman–Crippen LogP) is 2.21. The zero-order valence-electron chi connectivity index (χ0n) is 10.3. The first-order valence-electron chi connectivity index (χ1n) is 6.27. The van der Waals surface area contributed by atoms with E-state index in [0.29, 0.717) is 0 Å². The Morgan fingerprint density at radius 3 is 2.83 bits per heavy atom. The lowest BCUT2D eigenvalue weighted by Crippen LogP contribution is -2.44. The molecule has 1 aromatic heterocycles. The maximum absolute atomic E-state index is 13.3. The van der Waals surface area contributed by atoms with Crippen molar-refractivity contribution >= 4 is 11.6 Å².